The Labute approximate surface area is 547 Å². The van der Waals surface area contributed by atoms with Crippen molar-refractivity contribution in [2.75, 3.05) is 113 Å². The van der Waals surface area contributed by atoms with Gasteiger partial charge in [-0.15, -0.1) is 0 Å². The number of carbonyl (C=O) groups excluding carboxylic acids is 5. The number of carboxylic acids is 3. The van der Waals surface area contributed by atoms with Gasteiger partial charge in [-0.05, 0) is 129 Å². The molecule has 0 aromatic rings. The molecule has 1 aliphatic rings. The molecule has 0 radical (unpaired) electrons. The number of aliphatic hydroxyl groups excluding tert-OH is 11. The molecule has 1 saturated carbocycles. The van der Waals surface area contributed by atoms with Crippen LogP contribution in [0.15, 0.2) is 20.0 Å². The van der Waals surface area contributed by atoms with E-state index in [-0.39, 0.29) is 94.6 Å². The smallest absolute Gasteiger partial charge is 0.481 e. The average Bonchev–Trinajstić information content (AvgIpc) is 0.813. The van der Waals surface area contributed by atoms with Gasteiger partial charge in [-0.3, -0.25) is 19.3 Å². The third-order valence-electron chi connectivity index (χ3n) is 13.1. The van der Waals surface area contributed by atoms with Crippen LogP contribution >= 0.6 is 0 Å². The van der Waals surface area contributed by atoms with Gasteiger partial charge in [0.2, 0.25) is 24.3 Å². The van der Waals surface area contributed by atoms with Gasteiger partial charge in [-0.2, -0.15) is 0 Å². The van der Waals surface area contributed by atoms with Crippen molar-refractivity contribution in [3.8, 4) is 0 Å². The lowest BCUT2D eigenvalue weighted by Gasteiger charge is -2.44. The van der Waals surface area contributed by atoms with E-state index in [1.54, 1.807) is 26.0 Å². The Kier molecular flexibility index (Phi) is 83.9. The minimum atomic E-state index is -1.39. The fourth-order valence-corrected chi connectivity index (χ4v) is 7.40. The molecule has 0 bridgehead atoms. The Bertz CT molecular complexity index is 1810. The molecule has 1 fully saturated rings. The molecule has 0 aromatic heterocycles. The van der Waals surface area contributed by atoms with Gasteiger partial charge >= 0.3 is 24.1 Å². The highest BCUT2D eigenvalue weighted by molar-refractivity contribution is 5.74. The Morgan fingerprint density at radius 2 is 0.880 bits per heavy atom. The summed E-state index contributed by atoms with van der Waals surface area (Å²) in [5, 5.41) is 117. The second kappa shape index (κ2) is 73.1. The van der Waals surface area contributed by atoms with Crippen molar-refractivity contribution in [1.82, 2.24) is 4.90 Å². The number of hydrogen-bond acceptors (Lipinski definition) is 26. The van der Waals surface area contributed by atoms with E-state index >= 15 is 0 Å². The molecule has 0 aliphatic heterocycles. The second-order valence-corrected chi connectivity index (χ2v) is 23.9. The molecular weight excluding hydrogens is 1210 g/mol. The summed E-state index contributed by atoms with van der Waals surface area (Å²) in [6.07, 6.45) is 18.9. The van der Waals surface area contributed by atoms with Crippen LogP contribution in [0.2, 0.25) is 0 Å². The summed E-state index contributed by atoms with van der Waals surface area (Å²) < 4.78 is 8.08. The molecule has 29 heteroatoms. The van der Waals surface area contributed by atoms with Gasteiger partial charge < -0.3 is 81.0 Å². The number of carboxylic acid groups (broad SMARTS) is 3. The summed E-state index contributed by atoms with van der Waals surface area (Å²) in [6, 6.07) is 1.39. The number of ether oxygens (including phenoxy) is 2. The molecule has 1 rings (SSSR count). The van der Waals surface area contributed by atoms with Crippen molar-refractivity contribution in [2.24, 2.45) is 47.0 Å². The molecule has 0 saturated heterocycles. The lowest BCUT2D eigenvalue weighted by molar-refractivity contribution is -0.153. The van der Waals surface area contributed by atoms with Gasteiger partial charge in [0.1, 0.15) is 5.41 Å². The summed E-state index contributed by atoms with van der Waals surface area (Å²) >= 11 is 0. The van der Waals surface area contributed by atoms with E-state index in [1.807, 2.05) is 6.92 Å². The number of methoxy groups -OCH3 is 2. The van der Waals surface area contributed by atoms with Crippen LogP contribution in [0.3, 0.4) is 0 Å². The fraction of sp³-hybridized carbons (Fsp3) is 0.873. The van der Waals surface area contributed by atoms with E-state index in [0.29, 0.717) is 51.0 Å². The van der Waals surface area contributed by atoms with Crippen LogP contribution in [0, 0.1) is 27.1 Å². The molecule has 2 atom stereocenters. The predicted molar refractivity (Wildman–Crippen MR) is 349 cm³/mol. The molecule has 29 nitrogen and oxygen atoms in total. The molecule has 0 heterocycles. The number of unbranched alkanes of at least 4 members (excludes halogenated alkanes) is 8. The van der Waals surface area contributed by atoms with Crippen LogP contribution < -0.4 is 0 Å². The molecule has 0 spiro atoms. The van der Waals surface area contributed by atoms with Gasteiger partial charge in [-0.25, -0.2) is 43.9 Å². The van der Waals surface area contributed by atoms with Crippen molar-refractivity contribution in [3.05, 3.63) is 0 Å². The van der Waals surface area contributed by atoms with Crippen LogP contribution in [0.5, 0.6) is 0 Å². The maximum atomic E-state index is 10.3. The van der Waals surface area contributed by atoms with Crippen molar-refractivity contribution >= 4 is 48.4 Å². The molecule has 14 N–H and O–H groups in total. The molecule has 0 amide bonds. The fourth-order valence-electron chi connectivity index (χ4n) is 7.40. The average molecular weight is 1340 g/mol. The van der Waals surface area contributed by atoms with Crippen LogP contribution in [0.4, 0.5) is 4.79 Å². The van der Waals surface area contributed by atoms with Crippen molar-refractivity contribution in [1.29, 1.82) is 0 Å². The van der Waals surface area contributed by atoms with E-state index in [9.17, 15) is 38.4 Å². The normalized spacial score (nSPS) is 14.0. The van der Waals surface area contributed by atoms with Gasteiger partial charge in [0, 0.05) is 62.2 Å². The number of nitrogens with zero attached hydrogens (tertiary/aromatic N) is 5. The summed E-state index contributed by atoms with van der Waals surface area (Å²) in [6.45, 7) is 26.5. The van der Waals surface area contributed by atoms with Crippen molar-refractivity contribution in [2.45, 2.75) is 217 Å². The highest BCUT2D eigenvalue weighted by Crippen LogP contribution is 2.47. The number of isocyanates is 4. The maximum Gasteiger partial charge on any atom is 0.507 e. The first kappa shape index (κ1) is 105. The third kappa shape index (κ3) is 79.0. The summed E-state index contributed by atoms with van der Waals surface area (Å²) in [4.78, 5) is 96.3. The zero-order chi connectivity index (χ0) is 73.5. The van der Waals surface area contributed by atoms with Gasteiger partial charge in [0.05, 0.1) is 86.1 Å². The zero-order valence-electron chi connectivity index (χ0n) is 58.1. The quantitative estimate of drug-likeness (QED) is 0.0163. The number of aliphatic carboxylic acids is 3. The molecule has 1 aliphatic carbocycles. The van der Waals surface area contributed by atoms with E-state index in [4.69, 9.17) is 71.5 Å². The maximum absolute atomic E-state index is 10.3. The topological polar surface area (TPSA) is 491 Å². The first-order chi connectivity index (χ1) is 43.1. The van der Waals surface area contributed by atoms with Crippen LogP contribution in [-0.2, 0) is 43.0 Å². The Hall–Kier alpha value is -5.28. The monoisotopic (exact) mass is 1340 g/mol. The van der Waals surface area contributed by atoms with Crippen molar-refractivity contribution < 1.29 is 119 Å². The van der Waals surface area contributed by atoms with E-state index in [1.165, 1.54) is 33.3 Å². The lowest BCUT2D eigenvalue weighted by Crippen LogP contribution is -2.39. The molecule has 2 unspecified atom stereocenters. The van der Waals surface area contributed by atoms with E-state index < -0.39 is 48.1 Å². The molecule has 0 aromatic carbocycles. The van der Waals surface area contributed by atoms with E-state index in [2.05, 4.69) is 89.7 Å². The predicted octanol–water partition coefficient (Wildman–Crippen LogP) is 5.40. The van der Waals surface area contributed by atoms with Gasteiger partial charge in [0.25, 0.3) is 0 Å². The number of rotatable bonds is 35. The Balaban J connectivity index is -0.000000121. The minimum Gasteiger partial charge on any atom is -0.481 e. The molecule has 546 valence electrons. The number of carbonyl (C=O) groups is 4. The SMILES string of the molecule is CC(C)(CO)CO.CC(CO)(CO)C(=O)O.CC1(C)CC(N=C=O)CC(C)(CN=C=O)C1.CCC(CO)(CO)CO.CCN(C(C)C)C(C)C.COC(=O)OC.O=C(O)CCCCC(=O)O.O=C=NCCCCCCN=C=O.OCCCCCCO.OCCCCO. The largest absolute Gasteiger partial charge is 0.507 e. The van der Waals surface area contributed by atoms with Gasteiger partial charge in [-0.1, -0.05) is 74.1 Å². The first-order valence-electron chi connectivity index (χ1n) is 31.0. The summed E-state index contributed by atoms with van der Waals surface area (Å²) in [5.41, 5.74) is -2.30. The van der Waals surface area contributed by atoms with E-state index in [0.717, 1.165) is 90.0 Å². The Morgan fingerprint density at radius 1 is 0.522 bits per heavy atom. The second-order valence-electron chi connectivity index (χ2n) is 23.9. The van der Waals surface area contributed by atoms with Gasteiger partial charge in [0.15, 0.2) is 0 Å². The minimum absolute atomic E-state index is 0.00750. The third-order valence-corrected chi connectivity index (χ3v) is 13.1. The number of aliphatic hydroxyl groups is 11. The standard InChI is InChI=1S/C12H18N2O2.C8H12N2O2.C8H19N.C6H10O4.C6H14O3.C6H14O2.C5H10O4.C5H12O2.C4H10O2.C3H6O3/c1-11(2)4-10(14-9-16)5-12(3,6-11)7-13-8-15;11-7-9-5-3-1-2-4-6-10-8-12;1-6-9(7(2)3)8(4)5;7-5(8)3-1-2-4-6(9)10;1-2-6(3-7,4-8)5-9;7-5-3-1-2-4-6-8;1-5(2-6,3-7)4(8)9;1-5(2,3-6)4-7;5-3-1-2-4-6;1-5-3(4)6-2/h10H,4-7H2,1-3H3;1-6H2;7-8H,6H2,1-5H3;1-4H2,(H,7,8)(H,9,10);7-9H,2-5H2,1H3;7-8H,1-6H2;6-7H,2-3H2,1H3,(H,8,9);6-7H,3-4H2,1-2H3;5-6H,1-4H2;1-2H3. The van der Waals surface area contributed by atoms with Crippen LogP contribution in [0.1, 0.15) is 199 Å². The first-order valence-corrected chi connectivity index (χ1v) is 31.0. The lowest BCUT2D eigenvalue weighted by atomic mass is 9.63. The molecular formula is C63H125N5O24. The zero-order valence-corrected chi connectivity index (χ0v) is 58.1. The van der Waals surface area contributed by atoms with Crippen LogP contribution in [-0.4, -0.2) is 256 Å². The summed E-state index contributed by atoms with van der Waals surface area (Å²) in [7, 11) is 2.51. The number of hydrogen-bond donors (Lipinski definition) is 14. The highest BCUT2D eigenvalue weighted by Gasteiger charge is 2.41. The van der Waals surface area contributed by atoms with Crippen LogP contribution in [0.25, 0.3) is 0 Å². The summed E-state index contributed by atoms with van der Waals surface area (Å²) in [5.74, 6) is -2.93. The Morgan fingerprint density at radius 3 is 1.08 bits per heavy atom. The number of aliphatic imine (C=N–C) groups is 4. The molecule has 92 heavy (non-hydrogen) atoms. The van der Waals surface area contributed by atoms with Crippen molar-refractivity contribution in [3.63, 3.8) is 0 Å². The highest BCUT2D eigenvalue weighted by atomic mass is 16.7.